The number of esters is 1. The van der Waals surface area contributed by atoms with E-state index in [1.54, 1.807) is 0 Å². The normalized spacial score (nSPS) is 28.7. The molecule has 0 aromatic heterocycles. The van der Waals surface area contributed by atoms with Crippen molar-refractivity contribution in [1.82, 2.24) is 0 Å². The summed E-state index contributed by atoms with van der Waals surface area (Å²) in [5, 5.41) is 0. The van der Waals surface area contributed by atoms with Gasteiger partial charge in [0.15, 0.2) is 0 Å². The molecule has 0 aliphatic heterocycles. The third-order valence-electron chi connectivity index (χ3n) is 3.44. The Morgan fingerprint density at radius 1 is 1.47 bits per heavy atom. The Morgan fingerprint density at radius 3 is 2.79 bits per heavy atom. The third kappa shape index (κ3) is 5.91. The summed E-state index contributed by atoms with van der Waals surface area (Å²) < 4.78 is 5.45. The van der Waals surface area contributed by atoms with Crippen molar-refractivity contribution < 1.29 is 9.53 Å². The maximum atomic E-state index is 11.2. The molecule has 0 heterocycles. The maximum Gasteiger partial charge on any atom is 0.303 e. The Balaban J connectivity index is 2.92. The van der Waals surface area contributed by atoms with Crippen molar-refractivity contribution in [3.63, 3.8) is 0 Å². The SMILES string of the molecule is C=C1CC/C=C(/C)C/C=C\C(C)(C)C[C@@H]1OC(C)=O. The van der Waals surface area contributed by atoms with Crippen LogP contribution in [-0.2, 0) is 9.53 Å². The summed E-state index contributed by atoms with van der Waals surface area (Å²) in [5.74, 6) is -0.229. The summed E-state index contributed by atoms with van der Waals surface area (Å²) in [4.78, 5) is 11.2. The van der Waals surface area contributed by atoms with E-state index in [1.165, 1.54) is 12.5 Å². The van der Waals surface area contributed by atoms with Crippen molar-refractivity contribution in [2.24, 2.45) is 5.41 Å². The molecule has 0 radical (unpaired) electrons. The van der Waals surface area contributed by atoms with E-state index < -0.39 is 0 Å². The van der Waals surface area contributed by atoms with Crippen LogP contribution in [0.25, 0.3) is 0 Å². The van der Waals surface area contributed by atoms with E-state index in [4.69, 9.17) is 4.74 Å². The summed E-state index contributed by atoms with van der Waals surface area (Å²) in [6.45, 7) is 12.1. The Bertz CT molecular complexity index is 399. The molecule has 0 aromatic rings. The zero-order valence-corrected chi connectivity index (χ0v) is 12.7. The number of rotatable bonds is 1. The molecule has 0 spiro atoms. The number of carbonyl (C=O) groups is 1. The van der Waals surface area contributed by atoms with Crippen LogP contribution in [0.3, 0.4) is 0 Å². The lowest BCUT2D eigenvalue weighted by molar-refractivity contribution is -0.145. The summed E-state index contributed by atoms with van der Waals surface area (Å²) in [6, 6.07) is 0. The van der Waals surface area contributed by atoms with Gasteiger partial charge in [0.1, 0.15) is 6.10 Å². The van der Waals surface area contributed by atoms with Crippen LogP contribution < -0.4 is 0 Å². The molecule has 0 unspecified atom stereocenters. The fourth-order valence-electron chi connectivity index (χ4n) is 2.33. The van der Waals surface area contributed by atoms with Crippen LogP contribution in [0.1, 0.15) is 53.4 Å². The largest absolute Gasteiger partial charge is 0.458 e. The number of carbonyl (C=O) groups excluding carboxylic acids is 1. The highest BCUT2D eigenvalue weighted by atomic mass is 16.5. The van der Waals surface area contributed by atoms with Crippen LogP contribution >= 0.6 is 0 Å². The van der Waals surface area contributed by atoms with Gasteiger partial charge in [-0.25, -0.2) is 0 Å². The lowest BCUT2D eigenvalue weighted by atomic mass is 9.83. The first-order chi connectivity index (χ1) is 8.80. The highest BCUT2D eigenvalue weighted by molar-refractivity contribution is 5.66. The highest BCUT2D eigenvalue weighted by Gasteiger charge is 2.25. The Hall–Kier alpha value is -1.31. The van der Waals surface area contributed by atoms with Crippen molar-refractivity contribution in [1.29, 1.82) is 0 Å². The molecule has 1 aliphatic carbocycles. The molecule has 0 fully saturated rings. The van der Waals surface area contributed by atoms with Gasteiger partial charge in [0.05, 0.1) is 0 Å². The van der Waals surface area contributed by atoms with Gasteiger partial charge in [-0.05, 0) is 43.6 Å². The second-order valence-corrected chi connectivity index (χ2v) is 6.14. The molecule has 0 bridgehead atoms. The van der Waals surface area contributed by atoms with Crippen LogP contribution in [-0.4, -0.2) is 12.1 Å². The predicted molar refractivity (Wildman–Crippen MR) is 79.8 cm³/mol. The van der Waals surface area contributed by atoms with E-state index in [-0.39, 0.29) is 17.5 Å². The third-order valence-corrected chi connectivity index (χ3v) is 3.44. The van der Waals surface area contributed by atoms with Crippen molar-refractivity contribution in [3.8, 4) is 0 Å². The van der Waals surface area contributed by atoms with Crippen molar-refractivity contribution >= 4 is 5.97 Å². The van der Waals surface area contributed by atoms with Crippen LogP contribution in [0.2, 0.25) is 0 Å². The fourth-order valence-corrected chi connectivity index (χ4v) is 2.33. The smallest absolute Gasteiger partial charge is 0.303 e. The lowest BCUT2D eigenvalue weighted by Crippen LogP contribution is -2.25. The fraction of sp³-hybridized carbons (Fsp3) is 0.588. The molecule has 1 rings (SSSR count). The maximum absolute atomic E-state index is 11.2. The highest BCUT2D eigenvalue weighted by Crippen LogP contribution is 2.30. The van der Waals surface area contributed by atoms with Crippen LogP contribution in [0, 0.1) is 5.41 Å². The Kier molecular flexibility index (Phi) is 5.59. The second kappa shape index (κ2) is 6.74. The first-order valence-electron chi connectivity index (χ1n) is 6.98. The van der Waals surface area contributed by atoms with E-state index in [1.807, 2.05) is 0 Å². The van der Waals surface area contributed by atoms with Gasteiger partial charge in [-0.2, -0.15) is 0 Å². The zero-order chi connectivity index (χ0) is 14.5. The minimum Gasteiger partial charge on any atom is -0.458 e. The second-order valence-electron chi connectivity index (χ2n) is 6.14. The monoisotopic (exact) mass is 262 g/mol. The summed E-state index contributed by atoms with van der Waals surface area (Å²) in [7, 11) is 0. The summed E-state index contributed by atoms with van der Waals surface area (Å²) in [6.07, 6.45) is 10.1. The van der Waals surface area contributed by atoms with Crippen LogP contribution in [0.4, 0.5) is 0 Å². The first-order valence-corrected chi connectivity index (χ1v) is 6.98. The van der Waals surface area contributed by atoms with E-state index in [0.717, 1.165) is 31.3 Å². The molecule has 1 atom stereocenters. The molecule has 2 heteroatoms. The lowest BCUT2D eigenvalue weighted by Gasteiger charge is -2.28. The van der Waals surface area contributed by atoms with E-state index in [0.29, 0.717) is 0 Å². The summed E-state index contributed by atoms with van der Waals surface area (Å²) in [5.41, 5.74) is 2.40. The van der Waals surface area contributed by atoms with Gasteiger partial charge in [0.2, 0.25) is 0 Å². The molecule has 0 amide bonds. The molecule has 2 nitrogen and oxygen atoms in total. The topological polar surface area (TPSA) is 26.3 Å². The van der Waals surface area contributed by atoms with E-state index in [2.05, 4.69) is 45.6 Å². The quantitative estimate of drug-likeness (QED) is 0.511. The van der Waals surface area contributed by atoms with Gasteiger partial charge in [0, 0.05) is 6.92 Å². The average Bonchev–Trinajstić information content (AvgIpc) is 2.27. The van der Waals surface area contributed by atoms with Crippen LogP contribution in [0.15, 0.2) is 36.0 Å². The van der Waals surface area contributed by atoms with Gasteiger partial charge in [-0.3, -0.25) is 4.79 Å². The first kappa shape index (κ1) is 15.7. The molecular weight excluding hydrogens is 236 g/mol. The van der Waals surface area contributed by atoms with Gasteiger partial charge in [-0.1, -0.05) is 44.2 Å². The number of allylic oxidation sites excluding steroid dienone is 4. The molecule has 0 saturated heterocycles. The van der Waals surface area contributed by atoms with Gasteiger partial charge in [-0.15, -0.1) is 0 Å². The number of ether oxygens (including phenoxy) is 1. The van der Waals surface area contributed by atoms with Crippen LogP contribution in [0.5, 0.6) is 0 Å². The minimum absolute atomic E-state index is 0.00762. The molecule has 0 saturated carbocycles. The number of hydrogen-bond acceptors (Lipinski definition) is 2. The Labute approximate surface area is 117 Å². The van der Waals surface area contributed by atoms with Crippen molar-refractivity contribution in [2.75, 3.05) is 0 Å². The minimum atomic E-state index is -0.229. The van der Waals surface area contributed by atoms with Crippen molar-refractivity contribution in [2.45, 2.75) is 59.5 Å². The van der Waals surface area contributed by atoms with E-state index in [9.17, 15) is 4.79 Å². The molecule has 106 valence electrons. The molecular formula is C17H26O2. The molecule has 0 aromatic carbocycles. The summed E-state index contributed by atoms with van der Waals surface area (Å²) >= 11 is 0. The predicted octanol–water partition coefficient (Wildman–Crippen LogP) is 4.58. The average molecular weight is 262 g/mol. The Morgan fingerprint density at radius 2 is 2.16 bits per heavy atom. The van der Waals surface area contributed by atoms with Gasteiger partial charge < -0.3 is 4.74 Å². The van der Waals surface area contributed by atoms with Crippen molar-refractivity contribution in [3.05, 3.63) is 36.0 Å². The van der Waals surface area contributed by atoms with Gasteiger partial charge >= 0.3 is 5.97 Å². The molecule has 1 aliphatic rings. The zero-order valence-electron chi connectivity index (χ0n) is 12.7. The molecule has 19 heavy (non-hydrogen) atoms. The van der Waals surface area contributed by atoms with E-state index >= 15 is 0 Å². The van der Waals surface area contributed by atoms with Gasteiger partial charge in [0.25, 0.3) is 0 Å². The molecule has 0 N–H and O–H groups in total. The number of hydrogen-bond donors (Lipinski definition) is 0. The standard InChI is InChI=1S/C17H26O2/c1-13-8-6-10-14(2)16(19-15(3)18)12-17(4,5)11-7-9-13/h7-8,11,16H,2,6,9-10,12H2,1,3-5H3/b11-7-,13-8-/t16-/m0/s1.